The van der Waals surface area contributed by atoms with Crippen LogP contribution in [0.5, 0.6) is 0 Å². The van der Waals surface area contributed by atoms with Crippen molar-refractivity contribution in [3.63, 3.8) is 0 Å². The fourth-order valence-corrected chi connectivity index (χ4v) is 2.65. The number of nitrogens with zero attached hydrogens (tertiary/aromatic N) is 2. The molecule has 106 valence electrons. The lowest BCUT2D eigenvalue weighted by Crippen LogP contribution is -2.54. The molecule has 0 N–H and O–H groups in total. The molecule has 1 fully saturated rings. The lowest BCUT2D eigenvalue weighted by atomic mass is 10.1. The lowest BCUT2D eigenvalue weighted by Gasteiger charge is -2.38. The van der Waals surface area contributed by atoms with E-state index in [9.17, 15) is 9.18 Å². The van der Waals surface area contributed by atoms with E-state index in [0.717, 1.165) is 5.52 Å². The summed E-state index contributed by atoms with van der Waals surface area (Å²) in [5.74, 6) is -0.384. The second-order valence-corrected chi connectivity index (χ2v) is 5.10. The van der Waals surface area contributed by atoms with Gasteiger partial charge in [-0.25, -0.2) is 4.39 Å². The number of halogens is 1. The van der Waals surface area contributed by atoms with Crippen LogP contribution >= 0.6 is 0 Å². The number of carbonyl (C=O) groups excluding carboxylic acids is 1. The normalized spacial score (nSPS) is 15.7. The molecule has 0 unspecified atom stereocenters. The van der Waals surface area contributed by atoms with Crippen LogP contribution in [-0.2, 0) is 11.8 Å². The number of hydrogen-bond acceptors (Lipinski definition) is 2. The van der Waals surface area contributed by atoms with Gasteiger partial charge in [-0.15, -0.1) is 0 Å². The summed E-state index contributed by atoms with van der Waals surface area (Å²) >= 11 is 0. The summed E-state index contributed by atoms with van der Waals surface area (Å²) < 4.78 is 20.7. The molecule has 1 saturated heterocycles. The maximum atomic E-state index is 13.4. The van der Waals surface area contributed by atoms with Crippen molar-refractivity contribution < 1.29 is 13.9 Å². The minimum atomic E-state index is -0.325. The van der Waals surface area contributed by atoms with E-state index in [1.165, 1.54) is 12.1 Å². The Hall–Kier alpha value is -1.88. The smallest absolute Gasteiger partial charge is 0.256 e. The molecular weight excluding hydrogens is 259 g/mol. The quantitative estimate of drug-likeness (QED) is 0.861. The molecule has 0 saturated carbocycles. The van der Waals surface area contributed by atoms with E-state index in [2.05, 4.69) is 0 Å². The van der Waals surface area contributed by atoms with Gasteiger partial charge in [0, 0.05) is 43.8 Å². The monoisotopic (exact) mass is 276 g/mol. The van der Waals surface area contributed by atoms with Crippen LogP contribution in [0.4, 0.5) is 4.39 Å². The highest BCUT2D eigenvalue weighted by Gasteiger charge is 2.32. The van der Waals surface area contributed by atoms with Gasteiger partial charge in [-0.2, -0.15) is 0 Å². The van der Waals surface area contributed by atoms with Crippen LogP contribution in [-0.4, -0.2) is 41.2 Å². The van der Waals surface area contributed by atoms with E-state index in [1.807, 2.05) is 18.5 Å². The molecule has 1 aliphatic heterocycles. The molecule has 2 heterocycles. The molecule has 1 amide bonds. The lowest BCUT2D eigenvalue weighted by molar-refractivity contribution is -0.0377. The molecule has 5 heteroatoms. The highest BCUT2D eigenvalue weighted by Crippen LogP contribution is 2.25. The van der Waals surface area contributed by atoms with Crippen molar-refractivity contribution in [1.29, 1.82) is 0 Å². The number of benzene rings is 1. The first-order chi connectivity index (χ1) is 9.60. The summed E-state index contributed by atoms with van der Waals surface area (Å²) in [6.07, 6.45) is 1.90. The Bertz CT molecular complexity index is 659. The van der Waals surface area contributed by atoms with Crippen LogP contribution in [0.15, 0.2) is 24.4 Å². The van der Waals surface area contributed by atoms with E-state index < -0.39 is 0 Å². The maximum absolute atomic E-state index is 13.4. The zero-order valence-electron chi connectivity index (χ0n) is 11.6. The SMILES string of the molecule is CCOC1CN(C(=O)c2cn(C)c3ccc(F)cc23)C1. The van der Waals surface area contributed by atoms with Gasteiger partial charge in [0.1, 0.15) is 5.82 Å². The first kappa shape index (κ1) is 13.1. The van der Waals surface area contributed by atoms with Gasteiger partial charge in [-0.3, -0.25) is 4.79 Å². The first-order valence-corrected chi connectivity index (χ1v) is 6.75. The minimum Gasteiger partial charge on any atom is -0.375 e. The van der Waals surface area contributed by atoms with Crippen molar-refractivity contribution >= 4 is 16.8 Å². The number of aromatic nitrogens is 1. The van der Waals surface area contributed by atoms with Crippen molar-refractivity contribution in [3.05, 3.63) is 35.8 Å². The van der Waals surface area contributed by atoms with Gasteiger partial charge in [-0.1, -0.05) is 0 Å². The number of rotatable bonds is 3. The van der Waals surface area contributed by atoms with Gasteiger partial charge in [0.15, 0.2) is 0 Å². The van der Waals surface area contributed by atoms with Gasteiger partial charge < -0.3 is 14.2 Å². The van der Waals surface area contributed by atoms with Crippen LogP contribution in [0.1, 0.15) is 17.3 Å². The van der Waals surface area contributed by atoms with Crippen molar-refractivity contribution in [2.24, 2.45) is 7.05 Å². The fraction of sp³-hybridized carbons (Fsp3) is 0.400. The number of hydrogen-bond donors (Lipinski definition) is 0. The van der Waals surface area contributed by atoms with Gasteiger partial charge >= 0.3 is 0 Å². The average Bonchev–Trinajstić information content (AvgIpc) is 2.69. The Morgan fingerprint density at radius 2 is 2.20 bits per heavy atom. The largest absolute Gasteiger partial charge is 0.375 e. The van der Waals surface area contributed by atoms with Gasteiger partial charge in [0.25, 0.3) is 5.91 Å². The zero-order chi connectivity index (χ0) is 14.3. The minimum absolute atomic E-state index is 0.0582. The number of ether oxygens (including phenoxy) is 1. The second-order valence-electron chi connectivity index (χ2n) is 5.10. The predicted octanol–water partition coefficient (Wildman–Crippen LogP) is 2.18. The van der Waals surface area contributed by atoms with E-state index >= 15 is 0 Å². The number of carbonyl (C=O) groups is 1. The number of amides is 1. The Balaban J connectivity index is 1.87. The molecule has 0 atom stereocenters. The van der Waals surface area contributed by atoms with Crippen LogP contribution in [0, 0.1) is 5.82 Å². The maximum Gasteiger partial charge on any atom is 0.256 e. The summed E-state index contributed by atoms with van der Waals surface area (Å²) in [6, 6.07) is 4.52. The van der Waals surface area contributed by atoms with Crippen LogP contribution in [0.25, 0.3) is 10.9 Å². The predicted molar refractivity (Wildman–Crippen MR) is 74.2 cm³/mol. The summed E-state index contributed by atoms with van der Waals surface area (Å²) in [5, 5.41) is 0.664. The van der Waals surface area contributed by atoms with E-state index in [1.54, 1.807) is 17.2 Å². The van der Waals surface area contributed by atoms with Crippen molar-refractivity contribution in [2.75, 3.05) is 19.7 Å². The molecular formula is C15H17FN2O2. The highest BCUT2D eigenvalue weighted by atomic mass is 19.1. The Morgan fingerprint density at radius 1 is 1.45 bits per heavy atom. The number of fused-ring (bicyclic) bond motifs is 1. The summed E-state index contributed by atoms with van der Waals surface area (Å²) in [7, 11) is 1.86. The Morgan fingerprint density at radius 3 is 2.90 bits per heavy atom. The fourth-order valence-electron chi connectivity index (χ4n) is 2.65. The van der Waals surface area contributed by atoms with Crippen LogP contribution in [0.2, 0.25) is 0 Å². The molecule has 0 bridgehead atoms. The molecule has 1 aromatic heterocycles. The second kappa shape index (κ2) is 4.90. The third-order valence-electron chi connectivity index (χ3n) is 3.72. The van der Waals surface area contributed by atoms with E-state index in [4.69, 9.17) is 4.74 Å². The zero-order valence-corrected chi connectivity index (χ0v) is 11.6. The van der Waals surface area contributed by atoms with Crippen molar-refractivity contribution in [2.45, 2.75) is 13.0 Å². The summed E-state index contributed by atoms with van der Waals surface area (Å²) in [5.41, 5.74) is 1.41. The molecule has 0 radical (unpaired) electrons. The number of aryl methyl sites for hydroxylation is 1. The molecule has 4 nitrogen and oxygen atoms in total. The molecule has 20 heavy (non-hydrogen) atoms. The van der Waals surface area contributed by atoms with Gasteiger partial charge in [0.05, 0.1) is 11.7 Å². The molecule has 0 spiro atoms. The Labute approximate surface area is 116 Å². The van der Waals surface area contributed by atoms with Crippen molar-refractivity contribution in [1.82, 2.24) is 9.47 Å². The third kappa shape index (κ3) is 2.08. The Kier molecular flexibility index (Phi) is 3.22. The van der Waals surface area contributed by atoms with Crippen LogP contribution < -0.4 is 0 Å². The van der Waals surface area contributed by atoms with Crippen LogP contribution in [0.3, 0.4) is 0 Å². The van der Waals surface area contributed by atoms with E-state index in [0.29, 0.717) is 30.6 Å². The van der Waals surface area contributed by atoms with Gasteiger partial charge in [-0.05, 0) is 25.1 Å². The molecule has 3 rings (SSSR count). The molecule has 2 aromatic rings. The highest BCUT2D eigenvalue weighted by molar-refractivity contribution is 6.07. The molecule has 0 aliphatic carbocycles. The van der Waals surface area contributed by atoms with Gasteiger partial charge in [0.2, 0.25) is 0 Å². The van der Waals surface area contributed by atoms with Crippen molar-refractivity contribution in [3.8, 4) is 0 Å². The number of likely N-dealkylation sites (tertiary alicyclic amines) is 1. The average molecular weight is 276 g/mol. The topological polar surface area (TPSA) is 34.5 Å². The first-order valence-electron chi connectivity index (χ1n) is 6.75. The third-order valence-corrected chi connectivity index (χ3v) is 3.72. The standard InChI is InChI=1S/C15H17FN2O2/c1-3-20-11-7-18(8-11)15(19)13-9-17(2)14-5-4-10(16)6-12(13)14/h4-6,9,11H,3,7-8H2,1-2H3. The van der Waals surface area contributed by atoms with E-state index in [-0.39, 0.29) is 17.8 Å². The summed E-state index contributed by atoms with van der Waals surface area (Å²) in [4.78, 5) is 14.2. The molecule has 1 aliphatic rings. The molecule has 1 aromatic carbocycles. The summed E-state index contributed by atoms with van der Waals surface area (Å²) in [6.45, 7) is 3.82.